The molecule has 0 fully saturated rings. The van der Waals surface area contributed by atoms with Crippen LogP contribution in [0.15, 0.2) is 41.0 Å². The Morgan fingerprint density at radius 3 is 2.56 bits per heavy atom. The molecule has 27 heavy (non-hydrogen) atoms. The van der Waals surface area contributed by atoms with Crippen molar-refractivity contribution in [3.05, 3.63) is 59.6 Å². The molecule has 0 radical (unpaired) electrons. The number of phenolic OH excluding ortho intramolecular Hbond substituents is 2. The van der Waals surface area contributed by atoms with Crippen molar-refractivity contribution in [3.8, 4) is 39.3 Å². The van der Waals surface area contributed by atoms with E-state index < -0.39 is 23.2 Å². The lowest BCUT2D eigenvalue weighted by atomic mass is 10.0. The summed E-state index contributed by atoms with van der Waals surface area (Å²) in [5.41, 5.74) is 0.0235. The molecule has 2 aromatic heterocycles. The van der Waals surface area contributed by atoms with Crippen molar-refractivity contribution in [2.75, 3.05) is 0 Å². The van der Waals surface area contributed by atoms with Gasteiger partial charge in [0, 0.05) is 27.5 Å². The molecule has 0 unspecified atom stereocenters. The first-order valence-electron chi connectivity index (χ1n) is 7.52. The number of thiophene rings is 1. The van der Waals surface area contributed by atoms with Gasteiger partial charge in [-0.3, -0.25) is 0 Å². The molecule has 8 heteroatoms. The smallest absolute Gasteiger partial charge is 0.201 e. The van der Waals surface area contributed by atoms with Crippen LogP contribution >= 0.6 is 11.3 Å². The van der Waals surface area contributed by atoms with Crippen molar-refractivity contribution < 1.29 is 27.8 Å². The van der Waals surface area contributed by atoms with E-state index in [1.807, 2.05) is 6.07 Å². The van der Waals surface area contributed by atoms with E-state index in [1.54, 1.807) is 0 Å². The summed E-state index contributed by atoms with van der Waals surface area (Å²) in [6.07, 6.45) is 1.24. The second-order valence-electron chi connectivity index (χ2n) is 5.65. The molecule has 0 spiro atoms. The normalized spacial score (nSPS) is 11.0. The molecule has 4 rings (SSSR count). The third-order valence-electron chi connectivity index (χ3n) is 4.05. The molecule has 2 N–H and O–H groups in total. The molecule has 2 heterocycles. The van der Waals surface area contributed by atoms with Gasteiger partial charge in [-0.05, 0) is 24.3 Å². The zero-order valence-electron chi connectivity index (χ0n) is 13.3. The van der Waals surface area contributed by atoms with Crippen LogP contribution < -0.4 is 0 Å². The van der Waals surface area contributed by atoms with E-state index >= 15 is 0 Å². The lowest BCUT2D eigenvalue weighted by Crippen LogP contribution is -1.90. The second kappa shape index (κ2) is 6.07. The van der Waals surface area contributed by atoms with Gasteiger partial charge in [0.2, 0.25) is 5.82 Å². The average Bonchev–Trinajstić information content (AvgIpc) is 3.23. The van der Waals surface area contributed by atoms with Gasteiger partial charge in [-0.2, -0.15) is 9.65 Å². The molecule has 0 atom stereocenters. The minimum absolute atomic E-state index is 0.0385. The molecule has 0 saturated heterocycles. The number of nitrogens with zero attached hydrogens (tertiary/aromatic N) is 1. The first-order valence-corrected chi connectivity index (χ1v) is 8.34. The van der Waals surface area contributed by atoms with Crippen LogP contribution in [0.5, 0.6) is 11.5 Å². The van der Waals surface area contributed by atoms with E-state index in [1.165, 1.54) is 18.4 Å². The summed E-state index contributed by atoms with van der Waals surface area (Å²) in [6.45, 7) is 0. The third kappa shape index (κ3) is 2.52. The zero-order valence-corrected chi connectivity index (χ0v) is 14.1. The van der Waals surface area contributed by atoms with Crippen molar-refractivity contribution in [1.29, 1.82) is 5.26 Å². The molecule has 0 aliphatic carbocycles. The number of rotatable bonds is 2. The summed E-state index contributed by atoms with van der Waals surface area (Å²) in [7, 11) is 0. The maximum atomic E-state index is 14.5. The molecule has 0 saturated carbocycles. The number of aromatic hydroxyl groups is 2. The highest BCUT2D eigenvalue weighted by Crippen LogP contribution is 2.48. The van der Waals surface area contributed by atoms with E-state index in [0.29, 0.717) is 0 Å². The fourth-order valence-electron chi connectivity index (χ4n) is 2.86. The lowest BCUT2D eigenvalue weighted by Gasteiger charge is -2.06. The summed E-state index contributed by atoms with van der Waals surface area (Å²) in [5.74, 6) is -4.72. The minimum Gasteiger partial charge on any atom is -0.508 e. The van der Waals surface area contributed by atoms with E-state index in [4.69, 9.17) is 4.42 Å². The maximum Gasteiger partial charge on any atom is 0.201 e. The van der Waals surface area contributed by atoms with Gasteiger partial charge in [-0.15, -0.1) is 11.3 Å². The Labute approximate surface area is 154 Å². The van der Waals surface area contributed by atoms with Gasteiger partial charge >= 0.3 is 0 Å². The molecule has 0 aliphatic rings. The van der Waals surface area contributed by atoms with Gasteiger partial charge in [-0.1, -0.05) is 0 Å². The first kappa shape index (κ1) is 17.0. The quantitative estimate of drug-likeness (QED) is 0.474. The maximum absolute atomic E-state index is 14.5. The Hall–Kier alpha value is -3.44. The minimum atomic E-state index is -1.45. The summed E-state index contributed by atoms with van der Waals surface area (Å²) in [5, 5.41) is 28.6. The highest BCUT2D eigenvalue weighted by Gasteiger charge is 2.26. The van der Waals surface area contributed by atoms with Gasteiger partial charge in [0.05, 0.1) is 16.5 Å². The van der Waals surface area contributed by atoms with Crippen LogP contribution in [0.3, 0.4) is 0 Å². The number of benzene rings is 2. The predicted molar refractivity (Wildman–Crippen MR) is 92.9 cm³/mol. The van der Waals surface area contributed by atoms with Crippen LogP contribution in [0.1, 0.15) is 5.56 Å². The second-order valence-corrected chi connectivity index (χ2v) is 6.67. The van der Waals surface area contributed by atoms with Crippen LogP contribution in [0.25, 0.3) is 31.9 Å². The summed E-state index contributed by atoms with van der Waals surface area (Å²) >= 11 is 0.815. The lowest BCUT2D eigenvalue weighted by molar-refractivity contribution is 0.408. The summed E-state index contributed by atoms with van der Waals surface area (Å²) in [4.78, 5) is 0.0948. The largest absolute Gasteiger partial charge is 0.508 e. The number of halogens is 3. The van der Waals surface area contributed by atoms with Crippen molar-refractivity contribution in [2.45, 2.75) is 0 Å². The van der Waals surface area contributed by atoms with Crippen LogP contribution in [0.4, 0.5) is 13.2 Å². The highest BCUT2D eigenvalue weighted by molar-refractivity contribution is 7.23. The van der Waals surface area contributed by atoms with Crippen LogP contribution in [0, 0.1) is 28.8 Å². The van der Waals surface area contributed by atoms with Crippen molar-refractivity contribution >= 4 is 21.4 Å². The Bertz CT molecular complexity index is 1250. The molecular weight excluding hydrogens is 379 g/mol. The first-order chi connectivity index (χ1) is 12.9. The zero-order chi connectivity index (χ0) is 19.3. The van der Waals surface area contributed by atoms with Crippen molar-refractivity contribution in [3.63, 3.8) is 0 Å². The SMILES string of the molecule is N#Cc1ccoc1-c1c(-c2ccc(O)c(F)c2F)sc2c(F)cc(O)cc12. The Morgan fingerprint density at radius 1 is 1.04 bits per heavy atom. The third-order valence-corrected chi connectivity index (χ3v) is 5.30. The molecule has 0 bridgehead atoms. The molecule has 2 aromatic carbocycles. The van der Waals surface area contributed by atoms with E-state index in [9.17, 15) is 28.6 Å². The van der Waals surface area contributed by atoms with Gasteiger partial charge in [0.25, 0.3) is 0 Å². The van der Waals surface area contributed by atoms with Crippen LogP contribution in [0.2, 0.25) is 0 Å². The Kier molecular flexibility index (Phi) is 3.82. The van der Waals surface area contributed by atoms with E-state index in [-0.39, 0.29) is 43.2 Å². The standard InChI is InChI=1S/C19H8F3NO3S/c20-12-6-9(24)5-11-14(17-8(7-23)3-4-26-17)19(27-18(11)12)10-1-2-13(25)16(22)15(10)21/h1-6,24-25H. The van der Waals surface area contributed by atoms with Crippen molar-refractivity contribution in [2.24, 2.45) is 0 Å². The molecule has 134 valence electrons. The van der Waals surface area contributed by atoms with Gasteiger partial charge in [0.15, 0.2) is 17.3 Å². The van der Waals surface area contributed by atoms with Crippen LogP contribution in [-0.2, 0) is 0 Å². The molecular formula is C19H8F3NO3S. The van der Waals surface area contributed by atoms with Gasteiger partial charge in [-0.25, -0.2) is 8.78 Å². The average molecular weight is 387 g/mol. The number of nitriles is 1. The molecule has 0 aliphatic heterocycles. The van der Waals surface area contributed by atoms with E-state index in [0.717, 1.165) is 29.5 Å². The fourth-order valence-corrected chi connectivity index (χ4v) is 4.07. The number of phenols is 2. The van der Waals surface area contributed by atoms with Gasteiger partial charge in [0.1, 0.15) is 17.6 Å². The molecule has 4 nitrogen and oxygen atoms in total. The van der Waals surface area contributed by atoms with Gasteiger partial charge < -0.3 is 14.6 Å². The van der Waals surface area contributed by atoms with Crippen molar-refractivity contribution in [1.82, 2.24) is 0 Å². The number of fused-ring (bicyclic) bond motifs is 1. The summed E-state index contributed by atoms with van der Waals surface area (Å²) < 4.78 is 48.2. The van der Waals surface area contributed by atoms with Crippen LogP contribution in [-0.4, -0.2) is 10.2 Å². The number of hydrogen-bond acceptors (Lipinski definition) is 5. The topological polar surface area (TPSA) is 77.4 Å². The monoisotopic (exact) mass is 387 g/mol. The Balaban J connectivity index is 2.16. The molecule has 4 aromatic rings. The summed E-state index contributed by atoms with van der Waals surface area (Å²) in [6, 6.07) is 7.58. The highest BCUT2D eigenvalue weighted by atomic mass is 32.1. The Morgan fingerprint density at radius 2 is 1.81 bits per heavy atom. The fraction of sp³-hybridized carbons (Fsp3) is 0. The number of hydrogen-bond donors (Lipinski definition) is 2. The molecule has 0 amide bonds. The predicted octanol–water partition coefficient (Wildman–Crippen LogP) is 5.53. The van der Waals surface area contributed by atoms with E-state index in [2.05, 4.69) is 0 Å². The number of furan rings is 1.